The maximum atomic E-state index is 4.54. The van der Waals surface area contributed by atoms with Crippen molar-refractivity contribution in [1.82, 2.24) is 20.0 Å². The average molecular weight is 264 g/mol. The third-order valence-electron chi connectivity index (χ3n) is 4.59. The van der Waals surface area contributed by atoms with Crippen LogP contribution in [0.3, 0.4) is 0 Å². The van der Waals surface area contributed by atoms with Crippen LogP contribution in [0.2, 0.25) is 0 Å². The van der Waals surface area contributed by atoms with Gasteiger partial charge in [-0.05, 0) is 59.7 Å². The zero-order valence-electron chi connectivity index (χ0n) is 13.0. The summed E-state index contributed by atoms with van der Waals surface area (Å²) in [5, 5.41) is 8.04. The SMILES string of the molecule is Cc1nn(C)c(C)c1C(C)N(C)CC1CCCNC1. The Morgan fingerprint density at radius 3 is 2.74 bits per heavy atom. The molecule has 0 amide bonds. The van der Waals surface area contributed by atoms with E-state index in [1.807, 2.05) is 11.7 Å². The molecule has 0 bridgehead atoms. The third kappa shape index (κ3) is 3.18. The van der Waals surface area contributed by atoms with E-state index in [0.717, 1.165) is 5.92 Å². The molecular weight excluding hydrogens is 236 g/mol. The van der Waals surface area contributed by atoms with Crippen LogP contribution in [0.25, 0.3) is 0 Å². The molecule has 1 aliphatic rings. The van der Waals surface area contributed by atoms with Crippen molar-refractivity contribution >= 4 is 0 Å². The number of aromatic nitrogens is 2. The van der Waals surface area contributed by atoms with Crippen molar-refractivity contribution in [3.8, 4) is 0 Å². The molecule has 1 N–H and O–H groups in total. The van der Waals surface area contributed by atoms with E-state index in [2.05, 4.69) is 43.1 Å². The Morgan fingerprint density at radius 2 is 2.21 bits per heavy atom. The molecule has 2 heterocycles. The van der Waals surface area contributed by atoms with Crippen molar-refractivity contribution in [2.75, 3.05) is 26.7 Å². The van der Waals surface area contributed by atoms with Gasteiger partial charge in [-0.3, -0.25) is 9.58 Å². The Bertz CT molecular complexity index is 418. The molecule has 19 heavy (non-hydrogen) atoms. The van der Waals surface area contributed by atoms with Gasteiger partial charge < -0.3 is 5.32 Å². The lowest BCUT2D eigenvalue weighted by atomic mass is 9.97. The molecule has 4 nitrogen and oxygen atoms in total. The Kier molecular flexibility index (Phi) is 4.63. The topological polar surface area (TPSA) is 33.1 Å². The van der Waals surface area contributed by atoms with E-state index in [-0.39, 0.29) is 0 Å². The first-order valence-electron chi connectivity index (χ1n) is 7.41. The van der Waals surface area contributed by atoms with Gasteiger partial charge in [0, 0.05) is 30.9 Å². The molecule has 1 saturated heterocycles. The summed E-state index contributed by atoms with van der Waals surface area (Å²) in [5.41, 5.74) is 3.86. The third-order valence-corrected chi connectivity index (χ3v) is 4.59. The van der Waals surface area contributed by atoms with Gasteiger partial charge in [-0.1, -0.05) is 0 Å². The second kappa shape index (κ2) is 6.06. The fourth-order valence-electron chi connectivity index (χ4n) is 3.26. The van der Waals surface area contributed by atoms with Gasteiger partial charge in [0.1, 0.15) is 0 Å². The average Bonchev–Trinajstić information content (AvgIpc) is 2.63. The van der Waals surface area contributed by atoms with Gasteiger partial charge in [0.15, 0.2) is 0 Å². The molecule has 2 unspecified atom stereocenters. The first-order chi connectivity index (χ1) is 9.00. The highest BCUT2D eigenvalue weighted by molar-refractivity contribution is 5.27. The quantitative estimate of drug-likeness (QED) is 0.903. The van der Waals surface area contributed by atoms with Crippen LogP contribution in [0.1, 0.15) is 42.8 Å². The summed E-state index contributed by atoms with van der Waals surface area (Å²) < 4.78 is 2.00. The number of piperidine rings is 1. The number of aryl methyl sites for hydroxylation is 2. The molecule has 0 saturated carbocycles. The number of hydrogen-bond acceptors (Lipinski definition) is 3. The molecule has 4 heteroatoms. The van der Waals surface area contributed by atoms with Crippen molar-refractivity contribution in [3.63, 3.8) is 0 Å². The summed E-state index contributed by atoms with van der Waals surface area (Å²) >= 11 is 0. The number of nitrogens with zero attached hydrogens (tertiary/aromatic N) is 3. The Labute approximate surface area is 117 Å². The summed E-state index contributed by atoms with van der Waals surface area (Å²) in [4.78, 5) is 2.48. The summed E-state index contributed by atoms with van der Waals surface area (Å²) in [6, 6.07) is 0.440. The maximum Gasteiger partial charge on any atom is 0.0644 e. The lowest BCUT2D eigenvalue weighted by Gasteiger charge is -2.31. The first-order valence-corrected chi connectivity index (χ1v) is 7.41. The number of rotatable bonds is 4. The number of hydrogen-bond donors (Lipinski definition) is 1. The highest BCUT2D eigenvalue weighted by atomic mass is 15.3. The highest BCUT2D eigenvalue weighted by Gasteiger charge is 2.22. The highest BCUT2D eigenvalue weighted by Crippen LogP contribution is 2.26. The van der Waals surface area contributed by atoms with Crippen LogP contribution in [0.5, 0.6) is 0 Å². The lowest BCUT2D eigenvalue weighted by molar-refractivity contribution is 0.198. The van der Waals surface area contributed by atoms with E-state index < -0.39 is 0 Å². The molecule has 2 atom stereocenters. The molecule has 1 aliphatic heterocycles. The van der Waals surface area contributed by atoms with E-state index in [0.29, 0.717) is 6.04 Å². The van der Waals surface area contributed by atoms with Gasteiger partial charge in [0.05, 0.1) is 5.69 Å². The molecule has 108 valence electrons. The second-order valence-electron chi connectivity index (χ2n) is 6.04. The van der Waals surface area contributed by atoms with Crippen LogP contribution in [0.15, 0.2) is 0 Å². The van der Waals surface area contributed by atoms with Crippen molar-refractivity contribution in [3.05, 3.63) is 17.0 Å². The molecule has 1 fully saturated rings. The fourth-order valence-corrected chi connectivity index (χ4v) is 3.26. The van der Waals surface area contributed by atoms with Crippen molar-refractivity contribution < 1.29 is 0 Å². The van der Waals surface area contributed by atoms with Gasteiger partial charge in [0.2, 0.25) is 0 Å². The Hall–Kier alpha value is -0.870. The fraction of sp³-hybridized carbons (Fsp3) is 0.800. The van der Waals surface area contributed by atoms with Crippen LogP contribution in [-0.2, 0) is 7.05 Å². The lowest BCUT2D eigenvalue weighted by Crippen LogP contribution is -2.37. The van der Waals surface area contributed by atoms with Crippen LogP contribution in [0, 0.1) is 19.8 Å². The molecule has 1 aromatic heterocycles. The number of nitrogens with one attached hydrogen (secondary N) is 1. The monoisotopic (exact) mass is 264 g/mol. The van der Waals surface area contributed by atoms with Gasteiger partial charge >= 0.3 is 0 Å². The zero-order valence-corrected chi connectivity index (χ0v) is 13.0. The first kappa shape index (κ1) is 14.5. The van der Waals surface area contributed by atoms with Crippen LogP contribution in [0.4, 0.5) is 0 Å². The molecule has 0 aliphatic carbocycles. The normalized spacial score (nSPS) is 21.9. The minimum atomic E-state index is 0.440. The van der Waals surface area contributed by atoms with E-state index >= 15 is 0 Å². The Balaban J connectivity index is 2.03. The van der Waals surface area contributed by atoms with Crippen molar-refractivity contribution in [1.29, 1.82) is 0 Å². The minimum absolute atomic E-state index is 0.440. The molecule has 0 spiro atoms. The van der Waals surface area contributed by atoms with Crippen molar-refractivity contribution in [2.45, 2.75) is 39.7 Å². The summed E-state index contributed by atoms with van der Waals surface area (Å²) in [6.07, 6.45) is 2.67. The summed E-state index contributed by atoms with van der Waals surface area (Å²) in [5.74, 6) is 0.790. The predicted molar refractivity (Wildman–Crippen MR) is 79.3 cm³/mol. The van der Waals surface area contributed by atoms with Crippen molar-refractivity contribution in [2.24, 2.45) is 13.0 Å². The summed E-state index contributed by atoms with van der Waals surface area (Å²) in [7, 11) is 4.27. The van der Waals surface area contributed by atoms with Gasteiger partial charge in [-0.2, -0.15) is 5.10 Å². The van der Waals surface area contributed by atoms with Gasteiger partial charge in [-0.25, -0.2) is 0 Å². The van der Waals surface area contributed by atoms with E-state index in [1.165, 1.54) is 49.4 Å². The largest absolute Gasteiger partial charge is 0.316 e. The van der Waals surface area contributed by atoms with Gasteiger partial charge in [-0.15, -0.1) is 0 Å². The van der Waals surface area contributed by atoms with Crippen LogP contribution >= 0.6 is 0 Å². The van der Waals surface area contributed by atoms with Gasteiger partial charge in [0.25, 0.3) is 0 Å². The van der Waals surface area contributed by atoms with E-state index in [4.69, 9.17) is 0 Å². The standard InChI is InChI=1S/C15H28N4/c1-11-15(13(3)19(5)17-11)12(2)18(4)10-14-7-6-8-16-9-14/h12,14,16H,6-10H2,1-5H3. The van der Waals surface area contributed by atoms with E-state index in [9.17, 15) is 0 Å². The van der Waals surface area contributed by atoms with Crippen LogP contribution in [-0.4, -0.2) is 41.4 Å². The zero-order chi connectivity index (χ0) is 14.0. The smallest absolute Gasteiger partial charge is 0.0644 e. The molecule has 0 aromatic carbocycles. The Morgan fingerprint density at radius 1 is 1.47 bits per heavy atom. The summed E-state index contributed by atoms with van der Waals surface area (Å²) in [6.45, 7) is 10.1. The molecule has 2 rings (SSSR count). The molecule has 0 radical (unpaired) electrons. The maximum absolute atomic E-state index is 4.54. The van der Waals surface area contributed by atoms with Crippen LogP contribution < -0.4 is 5.32 Å². The molecular formula is C15H28N4. The minimum Gasteiger partial charge on any atom is -0.316 e. The van der Waals surface area contributed by atoms with E-state index in [1.54, 1.807) is 0 Å². The predicted octanol–water partition coefficient (Wildman–Crippen LogP) is 2.03. The molecule has 1 aromatic rings. The second-order valence-corrected chi connectivity index (χ2v) is 6.04.